The van der Waals surface area contributed by atoms with E-state index < -0.39 is 18.0 Å². The Hall–Kier alpha value is -3.91. The summed E-state index contributed by atoms with van der Waals surface area (Å²) in [6.07, 6.45) is 0. The molecule has 2 aromatic rings. The van der Waals surface area contributed by atoms with Crippen LogP contribution in [0.15, 0.2) is 12.1 Å². The summed E-state index contributed by atoms with van der Waals surface area (Å²) in [6, 6.07) is 0.942. The van der Waals surface area contributed by atoms with Gasteiger partial charge < -0.3 is 25.7 Å². The fraction of sp³-hybridized carbons (Fsp3) is 0.214. The molecule has 0 saturated carbocycles. The van der Waals surface area contributed by atoms with Gasteiger partial charge in [0.2, 0.25) is 5.75 Å². The van der Waals surface area contributed by atoms with Gasteiger partial charge in [-0.1, -0.05) is 0 Å². The predicted molar refractivity (Wildman–Crippen MR) is 97.4 cm³/mol. The van der Waals surface area contributed by atoms with Crippen LogP contribution in [0.25, 0.3) is 11.3 Å². The predicted octanol–water partition coefficient (Wildman–Crippen LogP) is -0.918. The summed E-state index contributed by atoms with van der Waals surface area (Å²) in [5.74, 6) is 11.4. The zero-order chi connectivity index (χ0) is 21.0. The molecule has 0 bridgehead atoms. The number of primary amides is 2. The van der Waals surface area contributed by atoms with Crippen molar-refractivity contribution in [3.8, 4) is 28.5 Å². The minimum atomic E-state index is -1.06. The normalized spacial score (nSPS) is 10.2. The highest BCUT2D eigenvalue weighted by Crippen LogP contribution is 2.42. The molecule has 1 heterocycles. The number of amides is 4. The van der Waals surface area contributed by atoms with E-state index in [4.69, 9.17) is 37.4 Å². The number of benzene rings is 1. The molecular formula is C14H19N9O5. The Morgan fingerprint density at radius 2 is 1.43 bits per heavy atom. The zero-order valence-corrected chi connectivity index (χ0v) is 15.2. The molecule has 0 spiro atoms. The highest BCUT2D eigenvalue weighted by atomic mass is 16.5. The maximum atomic E-state index is 11.6. The van der Waals surface area contributed by atoms with Gasteiger partial charge in [0.25, 0.3) is 5.95 Å². The van der Waals surface area contributed by atoms with Crippen molar-refractivity contribution in [2.75, 3.05) is 31.3 Å². The van der Waals surface area contributed by atoms with Crippen molar-refractivity contribution in [3.63, 3.8) is 0 Å². The van der Waals surface area contributed by atoms with Gasteiger partial charge in [0.05, 0.1) is 21.3 Å². The molecule has 14 nitrogen and oxygen atoms in total. The van der Waals surface area contributed by atoms with Gasteiger partial charge in [0.1, 0.15) is 5.69 Å². The van der Waals surface area contributed by atoms with E-state index in [-0.39, 0.29) is 11.5 Å². The fourth-order valence-electron chi connectivity index (χ4n) is 2.19. The van der Waals surface area contributed by atoms with Crippen LogP contribution in [-0.2, 0) is 0 Å². The summed E-state index contributed by atoms with van der Waals surface area (Å²) in [5.41, 5.74) is 10.7. The van der Waals surface area contributed by atoms with Crippen LogP contribution in [0.2, 0.25) is 0 Å². The Bertz CT molecular complexity index is 882. The van der Waals surface area contributed by atoms with Gasteiger partial charge in [0.15, 0.2) is 17.3 Å². The maximum Gasteiger partial charge on any atom is 0.336 e. The summed E-state index contributed by atoms with van der Waals surface area (Å²) in [6.45, 7) is 0. The second-order valence-corrected chi connectivity index (χ2v) is 5.11. The molecular weight excluding hydrogens is 374 g/mol. The third-order valence-electron chi connectivity index (χ3n) is 3.51. The number of nitrogens with two attached hydrogens (primary N) is 4. The number of carbonyl (C=O) groups is 2. The van der Waals surface area contributed by atoms with Gasteiger partial charge >= 0.3 is 12.1 Å². The monoisotopic (exact) mass is 393 g/mol. The number of carbonyl (C=O) groups excluding carboxylic acids is 2. The second kappa shape index (κ2) is 8.19. The van der Waals surface area contributed by atoms with Crippen molar-refractivity contribution < 1.29 is 23.8 Å². The Balaban J connectivity index is 2.74. The standard InChI is InChI=1S/C14H19N9O5/c1-26-7-4-6(5-8(27-2)10(7)28-3)9-11(22(17)12(15)24)19-14(21-20-9)23(18)13(16)25/h4-5H,17-18H2,1-3H3,(H2,15,24)(H2,16,25). The molecule has 0 fully saturated rings. The van der Waals surface area contributed by atoms with E-state index in [0.29, 0.717) is 32.8 Å². The largest absolute Gasteiger partial charge is 0.493 e. The Morgan fingerprint density at radius 1 is 0.893 bits per heavy atom. The number of nitrogens with zero attached hydrogens (tertiary/aromatic N) is 5. The van der Waals surface area contributed by atoms with Crippen molar-refractivity contribution in [2.24, 2.45) is 23.2 Å². The first kappa shape index (κ1) is 20.4. The molecule has 14 heteroatoms. The van der Waals surface area contributed by atoms with E-state index in [9.17, 15) is 9.59 Å². The molecule has 1 aromatic carbocycles. The number of aromatic nitrogens is 3. The lowest BCUT2D eigenvalue weighted by Gasteiger charge is -2.19. The van der Waals surface area contributed by atoms with Crippen LogP contribution in [0.3, 0.4) is 0 Å². The molecule has 0 radical (unpaired) electrons. The maximum absolute atomic E-state index is 11.6. The lowest BCUT2D eigenvalue weighted by Crippen LogP contribution is -2.45. The zero-order valence-electron chi connectivity index (χ0n) is 15.2. The summed E-state index contributed by atoms with van der Waals surface area (Å²) < 4.78 is 15.8. The van der Waals surface area contributed by atoms with Crippen molar-refractivity contribution in [3.05, 3.63) is 12.1 Å². The Morgan fingerprint density at radius 3 is 1.86 bits per heavy atom. The quantitative estimate of drug-likeness (QED) is 0.269. The molecule has 0 atom stereocenters. The molecule has 1 aromatic heterocycles. The molecule has 28 heavy (non-hydrogen) atoms. The second-order valence-electron chi connectivity index (χ2n) is 5.11. The lowest BCUT2D eigenvalue weighted by molar-refractivity contribution is 0.253. The molecule has 0 aliphatic rings. The van der Waals surface area contributed by atoms with Crippen LogP contribution in [0.4, 0.5) is 21.4 Å². The number of methoxy groups -OCH3 is 3. The molecule has 0 aliphatic heterocycles. The Kier molecular flexibility index (Phi) is 5.97. The number of hydrazine groups is 2. The van der Waals surface area contributed by atoms with Crippen molar-refractivity contribution in [2.45, 2.75) is 0 Å². The van der Waals surface area contributed by atoms with Crippen molar-refractivity contribution in [1.29, 1.82) is 0 Å². The summed E-state index contributed by atoms with van der Waals surface area (Å²) in [5, 5.41) is 8.59. The lowest BCUT2D eigenvalue weighted by atomic mass is 10.1. The van der Waals surface area contributed by atoms with Gasteiger partial charge in [-0.15, -0.1) is 10.2 Å². The van der Waals surface area contributed by atoms with Gasteiger partial charge in [-0.2, -0.15) is 9.99 Å². The molecule has 150 valence electrons. The molecule has 0 aliphatic carbocycles. The molecule has 2 rings (SSSR count). The highest BCUT2D eigenvalue weighted by molar-refractivity contribution is 5.93. The molecule has 0 unspecified atom stereocenters. The summed E-state index contributed by atoms with van der Waals surface area (Å²) in [4.78, 5) is 26.8. The van der Waals surface area contributed by atoms with Crippen LogP contribution in [0.5, 0.6) is 17.2 Å². The van der Waals surface area contributed by atoms with E-state index >= 15 is 0 Å². The van der Waals surface area contributed by atoms with Crippen molar-refractivity contribution >= 4 is 23.8 Å². The third kappa shape index (κ3) is 3.76. The van der Waals surface area contributed by atoms with Crippen LogP contribution < -0.4 is 47.4 Å². The molecule has 0 saturated heterocycles. The first-order valence-corrected chi connectivity index (χ1v) is 7.48. The van der Waals surface area contributed by atoms with Gasteiger partial charge in [0, 0.05) is 5.56 Å². The SMILES string of the molecule is COc1cc(-c2nnc(N(N)C(N)=O)nc2N(N)C(N)=O)cc(OC)c1OC. The smallest absolute Gasteiger partial charge is 0.336 e. The number of hydrogen-bond acceptors (Lipinski definition) is 10. The topological polar surface area (TPSA) is 211 Å². The highest BCUT2D eigenvalue weighted by Gasteiger charge is 2.24. The van der Waals surface area contributed by atoms with Crippen molar-refractivity contribution in [1.82, 2.24) is 15.2 Å². The first-order valence-electron chi connectivity index (χ1n) is 7.48. The number of urea groups is 2. The van der Waals surface area contributed by atoms with Crippen LogP contribution >= 0.6 is 0 Å². The van der Waals surface area contributed by atoms with E-state index in [2.05, 4.69) is 15.2 Å². The third-order valence-corrected chi connectivity index (χ3v) is 3.51. The van der Waals surface area contributed by atoms with Crippen LogP contribution in [-0.4, -0.2) is 48.6 Å². The van der Waals surface area contributed by atoms with E-state index in [0.717, 1.165) is 0 Å². The van der Waals surface area contributed by atoms with E-state index in [1.165, 1.54) is 33.5 Å². The van der Waals surface area contributed by atoms with Gasteiger partial charge in [-0.25, -0.2) is 26.3 Å². The molecule has 4 amide bonds. The summed E-state index contributed by atoms with van der Waals surface area (Å²) in [7, 11) is 4.29. The number of anilines is 2. The first-order chi connectivity index (χ1) is 13.2. The minimum absolute atomic E-state index is 0.0159. The van der Waals surface area contributed by atoms with Gasteiger partial charge in [-0.3, -0.25) is 0 Å². The number of ether oxygens (including phenoxy) is 3. The average molecular weight is 393 g/mol. The minimum Gasteiger partial charge on any atom is -0.493 e. The average Bonchev–Trinajstić information content (AvgIpc) is 2.70. The van der Waals surface area contributed by atoms with E-state index in [1.54, 1.807) is 0 Å². The number of rotatable bonds is 6. The van der Waals surface area contributed by atoms with Gasteiger partial charge in [-0.05, 0) is 12.1 Å². The number of hydrogen-bond donors (Lipinski definition) is 4. The molecule has 8 N–H and O–H groups in total. The summed E-state index contributed by atoms with van der Waals surface area (Å²) >= 11 is 0. The fourth-order valence-corrected chi connectivity index (χ4v) is 2.19. The van der Waals surface area contributed by atoms with Crippen LogP contribution in [0, 0.1) is 0 Å². The van der Waals surface area contributed by atoms with E-state index in [1.807, 2.05) is 0 Å². The Labute approximate surface area is 158 Å². The van der Waals surface area contributed by atoms with Crippen LogP contribution in [0.1, 0.15) is 0 Å².